The number of carbonyl (C=O) groups is 2. The molecule has 0 saturated carbocycles. The lowest BCUT2D eigenvalue weighted by Crippen LogP contribution is -2.43. The highest BCUT2D eigenvalue weighted by Gasteiger charge is 2.53. The third-order valence-corrected chi connectivity index (χ3v) is 4.32. The van der Waals surface area contributed by atoms with Crippen LogP contribution in [0.1, 0.15) is 5.56 Å². The number of carbonyl (C=O) groups excluding carboxylic acids is 1. The molecule has 1 fully saturated rings. The number of rotatable bonds is 5. The van der Waals surface area contributed by atoms with Crippen molar-refractivity contribution >= 4 is 23.5 Å². The smallest absolute Gasteiger partial charge is 0.310 e. The largest absolute Gasteiger partial charge is 0.481 e. The fourth-order valence-electron chi connectivity index (χ4n) is 3.06. The van der Waals surface area contributed by atoms with Crippen LogP contribution in [-0.4, -0.2) is 35.7 Å². The number of nitrogens with one attached hydrogen (secondary N) is 1. The maximum atomic E-state index is 12.3. The third-order valence-electron chi connectivity index (χ3n) is 4.09. The number of hydrogen-bond acceptors (Lipinski definition) is 3. The van der Waals surface area contributed by atoms with Crippen molar-refractivity contribution in [1.29, 1.82) is 0 Å². The second-order valence-corrected chi connectivity index (χ2v) is 5.95. The molecule has 22 heavy (non-hydrogen) atoms. The van der Waals surface area contributed by atoms with E-state index >= 15 is 0 Å². The van der Waals surface area contributed by atoms with Gasteiger partial charge in [-0.15, -0.1) is 0 Å². The average Bonchev–Trinajstić information content (AvgIpc) is 3.07. The quantitative estimate of drug-likeness (QED) is 0.809. The van der Waals surface area contributed by atoms with E-state index in [0.29, 0.717) is 18.0 Å². The highest BCUT2D eigenvalue weighted by Crippen LogP contribution is 2.39. The molecule has 0 radical (unpaired) electrons. The van der Waals surface area contributed by atoms with Gasteiger partial charge in [-0.1, -0.05) is 35.9 Å². The van der Waals surface area contributed by atoms with Gasteiger partial charge in [-0.2, -0.15) is 0 Å². The van der Waals surface area contributed by atoms with Crippen molar-refractivity contribution < 1.29 is 19.4 Å². The first-order chi connectivity index (χ1) is 10.6. The Bertz CT molecular complexity index is 630. The Labute approximate surface area is 132 Å². The third kappa shape index (κ3) is 2.87. The van der Waals surface area contributed by atoms with Gasteiger partial charge in [0.15, 0.2) is 0 Å². The van der Waals surface area contributed by atoms with E-state index in [2.05, 4.69) is 5.32 Å². The normalized spacial score (nSPS) is 28.8. The Morgan fingerprint density at radius 3 is 2.64 bits per heavy atom. The van der Waals surface area contributed by atoms with E-state index in [9.17, 15) is 14.7 Å². The van der Waals surface area contributed by atoms with E-state index < -0.39 is 30.0 Å². The number of amides is 1. The van der Waals surface area contributed by atoms with Crippen LogP contribution >= 0.6 is 11.6 Å². The lowest BCUT2D eigenvalue weighted by molar-refractivity contribution is -0.146. The minimum Gasteiger partial charge on any atom is -0.481 e. The number of ether oxygens (including phenoxy) is 1. The van der Waals surface area contributed by atoms with Crippen LogP contribution in [0, 0.1) is 11.8 Å². The number of carboxylic acid groups (broad SMARTS) is 1. The zero-order valence-corrected chi connectivity index (χ0v) is 12.5. The second-order valence-electron chi connectivity index (χ2n) is 5.51. The van der Waals surface area contributed by atoms with Crippen molar-refractivity contribution in [2.75, 3.05) is 6.54 Å². The molecule has 0 aromatic heterocycles. The molecule has 0 aliphatic carbocycles. The van der Waals surface area contributed by atoms with Gasteiger partial charge in [-0.25, -0.2) is 0 Å². The summed E-state index contributed by atoms with van der Waals surface area (Å²) in [5, 5.41) is 12.7. The van der Waals surface area contributed by atoms with Crippen LogP contribution in [0.4, 0.5) is 0 Å². The molecule has 2 N–H and O–H groups in total. The molecule has 2 aliphatic rings. The summed E-state index contributed by atoms with van der Waals surface area (Å²) in [6, 6.07) is 7.42. The summed E-state index contributed by atoms with van der Waals surface area (Å²) in [4.78, 5) is 23.6. The number of halogens is 1. The molecule has 116 valence electrons. The van der Waals surface area contributed by atoms with Crippen LogP contribution in [0.15, 0.2) is 36.4 Å². The Balaban J connectivity index is 1.58. The summed E-state index contributed by atoms with van der Waals surface area (Å²) < 4.78 is 5.49. The first-order valence-corrected chi connectivity index (χ1v) is 7.53. The first kappa shape index (κ1) is 15.1. The molecule has 2 bridgehead atoms. The standard InChI is InChI=1S/C16H16ClNO4/c17-10-3-1-2-9(8-10)6-7-18-15(19)13-11-4-5-12(22-11)14(13)16(20)21/h1-5,8,11-14H,6-7H2,(H,18,19)(H,20,21)/t11-,12-,13-,14+/m1/s1. The lowest BCUT2D eigenvalue weighted by Gasteiger charge is -2.20. The lowest BCUT2D eigenvalue weighted by atomic mass is 9.82. The van der Waals surface area contributed by atoms with Gasteiger partial charge in [0.25, 0.3) is 0 Å². The number of benzene rings is 1. The Hall–Kier alpha value is -1.85. The minimum absolute atomic E-state index is 0.272. The van der Waals surface area contributed by atoms with E-state index in [-0.39, 0.29) is 5.91 Å². The summed E-state index contributed by atoms with van der Waals surface area (Å²) in [7, 11) is 0. The van der Waals surface area contributed by atoms with Crippen molar-refractivity contribution in [1.82, 2.24) is 5.32 Å². The molecule has 2 heterocycles. The molecular weight excluding hydrogens is 306 g/mol. The van der Waals surface area contributed by atoms with Crippen LogP contribution in [0.3, 0.4) is 0 Å². The second kappa shape index (κ2) is 6.10. The van der Waals surface area contributed by atoms with Gasteiger partial charge >= 0.3 is 5.97 Å². The Morgan fingerprint density at radius 2 is 1.95 bits per heavy atom. The zero-order chi connectivity index (χ0) is 15.7. The van der Waals surface area contributed by atoms with E-state index in [1.165, 1.54) is 0 Å². The fourth-order valence-corrected chi connectivity index (χ4v) is 3.27. The maximum absolute atomic E-state index is 12.3. The minimum atomic E-state index is -0.994. The topological polar surface area (TPSA) is 75.6 Å². The molecule has 6 heteroatoms. The van der Waals surface area contributed by atoms with Gasteiger partial charge in [0, 0.05) is 11.6 Å². The van der Waals surface area contributed by atoms with Gasteiger partial charge in [-0.3, -0.25) is 9.59 Å². The van der Waals surface area contributed by atoms with E-state index in [1.807, 2.05) is 18.2 Å². The van der Waals surface area contributed by atoms with Crippen LogP contribution in [0.25, 0.3) is 0 Å². The van der Waals surface area contributed by atoms with Crippen LogP contribution in [0.5, 0.6) is 0 Å². The molecule has 2 aliphatic heterocycles. The van der Waals surface area contributed by atoms with Gasteiger partial charge in [0.1, 0.15) is 5.92 Å². The van der Waals surface area contributed by atoms with E-state index in [1.54, 1.807) is 18.2 Å². The molecule has 1 aromatic carbocycles. The molecule has 5 nitrogen and oxygen atoms in total. The summed E-state index contributed by atoms with van der Waals surface area (Å²) in [6.07, 6.45) is 3.20. The van der Waals surface area contributed by atoms with Crippen molar-refractivity contribution in [3.05, 3.63) is 47.0 Å². The van der Waals surface area contributed by atoms with Crippen LogP contribution < -0.4 is 5.32 Å². The van der Waals surface area contributed by atoms with Gasteiger partial charge in [0.2, 0.25) is 5.91 Å². The number of fused-ring (bicyclic) bond motifs is 2. The predicted molar refractivity (Wildman–Crippen MR) is 80.6 cm³/mol. The molecule has 1 saturated heterocycles. The Morgan fingerprint density at radius 1 is 1.23 bits per heavy atom. The molecule has 1 amide bonds. The van der Waals surface area contributed by atoms with Crippen molar-refractivity contribution in [3.8, 4) is 0 Å². The van der Waals surface area contributed by atoms with Gasteiger partial charge in [-0.05, 0) is 24.1 Å². The van der Waals surface area contributed by atoms with Crippen molar-refractivity contribution in [2.24, 2.45) is 11.8 Å². The highest BCUT2D eigenvalue weighted by atomic mass is 35.5. The number of hydrogen-bond donors (Lipinski definition) is 2. The van der Waals surface area contributed by atoms with E-state index in [4.69, 9.17) is 16.3 Å². The molecule has 0 unspecified atom stereocenters. The molecule has 3 rings (SSSR count). The van der Waals surface area contributed by atoms with Crippen LogP contribution in [-0.2, 0) is 20.7 Å². The summed E-state index contributed by atoms with van der Waals surface area (Å²) in [5.41, 5.74) is 1.02. The summed E-state index contributed by atoms with van der Waals surface area (Å²) >= 11 is 5.91. The number of carboxylic acids is 1. The van der Waals surface area contributed by atoms with Crippen LogP contribution in [0.2, 0.25) is 5.02 Å². The van der Waals surface area contributed by atoms with Crippen molar-refractivity contribution in [3.63, 3.8) is 0 Å². The maximum Gasteiger partial charge on any atom is 0.310 e. The molecular formula is C16H16ClNO4. The van der Waals surface area contributed by atoms with Crippen molar-refractivity contribution in [2.45, 2.75) is 18.6 Å². The molecule has 1 aromatic rings. The number of aliphatic carboxylic acids is 1. The highest BCUT2D eigenvalue weighted by molar-refractivity contribution is 6.30. The molecule has 4 atom stereocenters. The van der Waals surface area contributed by atoms with Gasteiger partial charge < -0.3 is 15.2 Å². The van der Waals surface area contributed by atoms with E-state index in [0.717, 1.165) is 5.56 Å². The average molecular weight is 322 g/mol. The zero-order valence-electron chi connectivity index (χ0n) is 11.7. The SMILES string of the molecule is O=C(O)[C@@H]1[C@H](C(=O)NCCc2cccc(Cl)c2)[C@H]2C=C[C@H]1O2. The Kier molecular flexibility index (Phi) is 4.18. The predicted octanol–water partition coefficient (Wildman–Crippen LogP) is 1.65. The van der Waals surface area contributed by atoms with Gasteiger partial charge in [0.05, 0.1) is 18.1 Å². The summed E-state index contributed by atoms with van der Waals surface area (Å²) in [5.74, 6) is -2.73. The first-order valence-electron chi connectivity index (χ1n) is 7.15. The molecule has 0 spiro atoms. The monoisotopic (exact) mass is 321 g/mol. The fraction of sp³-hybridized carbons (Fsp3) is 0.375. The summed E-state index contributed by atoms with van der Waals surface area (Å²) in [6.45, 7) is 0.434.